The molecule has 0 aromatic rings. The predicted molar refractivity (Wildman–Crippen MR) is 55.2 cm³/mol. The van der Waals surface area contributed by atoms with Crippen LogP contribution in [0, 0.1) is 11.8 Å². The molecule has 3 N–H and O–H groups in total. The van der Waals surface area contributed by atoms with Crippen LogP contribution in [-0.2, 0) is 4.74 Å². The Morgan fingerprint density at radius 2 is 2.00 bits per heavy atom. The number of hydrogen-bond donors (Lipinski definition) is 2. The number of carbonyl (C=O) groups is 1. The lowest BCUT2D eigenvalue weighted by molar-refractivity contribution is 0.0507. The number of nitrogens with one attached hydrogen (secondary N) is 1. The van der Waals surface area contributed by atoms with Crippen LogP contribution >= 0.6 is 0 Å². The highest BCUT2D eigenvalue weighted by molar-refractivity contribution is 5.67. The number of ether oxygens (including phenoxy) is 1. The summed E-state index contributed by atoms with van der Waals surface area (Å²) in [4.78, 5) is 11.2. The molecule has 1 aliphatic rings. The Balaban J connectivity index is 2.29. The number of hydrogen-bond acceptors (Lipinski definition) is 3. The Hall–Kier alpha value is -0.910. The van der Waals surface area contributed by atoms with Crippen molar-refractivity contribution in [3.05, 3.63) is 0 Å². The van der Waals surface area contributed by atoms with Gasteiger partial charge in [-0.3, -0.25) is 0 Å². The molecule has 1 aliphatic carbocycles. The van der Waals surface area contributed by atoms with Gasteiger partial charge in [0.15, 0.2) is 0 Å². The summed E-state index contributed by atoms with van der Waals surface area (Å²) in [5.41, 5.74) is 4.56. The highest BCUT2D eigenvalue weighted by Crippen LogP contribution is 2.54. The maximum absolute atomic E-state index is 13.0. The van der Waals surface area contributed by atoms with Crippen LogP contribution in [-0.4, -0.2) is 30.7 Å². The van der Waals surface area contributed by atoms with E-state index >= 15 is 0 Å². The first-order chi connectivity index (χ1) is 7.18. The average molecular weight is 236 g/mol. The van der Waals surface area contributed by atoms with Gasteiger partial charge in [-0.2, -0.15) is 0 Å². The van der Waals surface area contributed by atoms with Gasteiger partial charge in [0.25, 0.3) is 5.92 Å². The monoisotopic (exact) mass is 236 g/mol. The Bertz CT molecular complexity index is 276. The summed E-state index contributed by atoms with van der Waals surface area (Å²) in [6.07, 6.45) is -0.675. The Labute approximate surface area is 93.5 Å². The van der Waals surface area contributed by atoms with Gasteiger partial charge < -0.3 is 15.8 Å². The third-order valence-corrected chi connectivity index (χ3v) is 2.48. The summed E-state index contributed by atoms with van der Waals surface area (Å²) >= 11 is 0. The van der Waals surface area contributed by atoms with Gasteiger partial charge in [-0.15, -0.1) is 0 Å². The minimum atomic E-state index is -2.75. The van der Waals surface area contributed by atoms with Crippen molar-refractivity contribution in [2.45, 2.75) is 32.3 Å². The fourth-order valence-electron chi connectivity index (χ4n) is 1.57. The first-order valence-electron chi connectivity index (χ1n) is 5.23. The number of alkyl halides is 2. The smallest absolute Gasteiger partial charge is 0.407 e. The molecule has 1 saturated carbocycles. The van der Waals surface area contributed by atoms with E-state index in [9.17, 15) is 13.6 Å². The van der Waals surface area contributed by atoms with Gasteiger partial charge in [0.05, 0.1) is 5.92 Å². The maximum atomic E-state index is 13.0. The summed E-state index contributed by atoms with van der Waals surface area (Å²) in [6, 6.07) is 0. The van der Waals surface area contributed by atoms with E-state index in [1.165, 1.54) is 0 Å². The van der Waals surface area contributed by atoms with Crippen LogP contribution < -0.4 is 11.1 Å². The number of carbonyl (C=O) groups excluding carboxylic acids is 1. The van der Waals surface area contributed by atoms with Gasteiger partial charge in [0.2, 0.25) is 0 Å². The summed E-state index contributed by atoms with van der Waals surface area (Å²) in [5, 5.41) is 2.32. The molecule has 0 aromatic heterocycles. The topological polar surface area (TPSA) is 64.3 Å². The molecule has 0 aliphatic heterocycles. The second-order valence-electron chi connectivity index (χ2n) is 5.01. The zero-order valence-electron chi connectivity index (χ0n) is 9.72. The van der Waals surface area contributed by atoms with Crippen molar-refractivity contribution < 1.29 is 18.3 Å². The first kappa shape index (κ1) is 13.2. The Morgan fingerprint density at radius 1 is 1.44 bits per heavy atom. The Kier molecular flexibility index (Phi) is 3.42. The van der Waals surface area contributed by atoms with E-state index in [0.29, 0.717) is 0 Å². The van der Waals surface area contributed by atoms with E-state index in [-0.39, 0.29) is 13.1 Å². The van der Waals surface area contributed by atoms with Crippen molar-refractivity contribution >= 4 is 6.09 Å². The standard InChI is InChI=1S/C10H18F2N2O2/c1-9(2,3)16-8(15)14-5-7-6(4-13)10(7,11)12/h6-7H,4-5,13H2,1-3H3,(H,14,15)/t6-,7+/m0/s1. The fourth-order valence-corrected chi connectivity index (χ4v) is 1.57. The molecule has 16 heavy (non-hydrogen) atoms. The minimum Gasteiger partial charge on any atom is -0.444 e. The lowest BCUT2D eigenvalue weighted by Gasteiger charge is -2.19. The van der Waals surface area contributed by atoms with Crippen LogP contribution in [0.4, 0.5) is 13.6 Å². The van der Waals surface area contributed by atoms with Gasteiger partial charge >= 0.3 is 6.09 Å². The van der Waals surface area contributed by atoms with Crippen molar-refractivity contribution in [3.63, 3.8) is 0 Å². The molecule has 1 amide bonds. The third kappa shape index (κ3) is 3.04. The molecule has 1 rings (SSSR count). The molecule has 0 spiro atoms. The summed E-state index contributed by atoms with van der Waals surface area (Å²) in [5.74, 6) is -4.42. The molecule has 0 radical (unpaired) electrons. The van der Waals surface area contributed by atoms with E-state index in [0.717, 1.165) is 0 Å². The number of rotatable bonds is 3. The lowest BCUT2D eigenvalue weighted by Crippen LogP contribution is -2.34. The van der Waals surface area contributed by atoms with Crippen LogP contribution in [0.5, 0.6) is 0 Å². The normalized spacial score (nSPS) is 27.4. The summed E-state index contributed by atoms with van der Waals surface area (Å²) in [7, 11) is 0. The van der Waals surface area contributed by atoms with E-state index < -0.39 is 29.5 Å². The van der Waals surface area contributed by atoms with Crippen LogP contribution in [0.2, 0.25) is 0 Å². The molecule has 0 heterocycles. The SMILES string of the molecule is CC(C)(C)OC(=O)NC[C@@H]1[C@H](CN)C1(F)F. The zero-order valence-corrected chi connectivity index (χ0v) is 9.72. The molecule has 94 valence electrons. The van der Waals surface area contributed by atoms with Crippen LogP contribution in [0.1, 0.15) is 20.8 Å². The number of halogens is 2. The quantitative estimate of drug-likeness (QED) is 0.777. The van der Waals surface area contributed by atoms with Crippen LogP contribution in [0.3, 0.4) is 0 Å². The minimum absolute atomic E-state index is 0.0618. The highest BCUT2D eigenvalue weighted by Gasteiger charge is 2.66. The first-order valence-corrected chi connectivity index (χ1v) is 5.23. The van der Waals surface area contributed by atoms with E-state index in [2.05, 4.69) is 5.32 Å². The third-order valence-electron chi connectivity index (χ3n) is 2.48. The molecule has 4 nitrogen and oxygen atoms in total. The van der Waals surface area contributed by atoms with Crippen molar-refractivity contribution in [2.24, 2.45) is 17.6 Å². The average Bonchev–Trinajstić information content (AvgIpc) is 2.60. The van der Waals surface area contributed by atoms with Crippen molar-refractivity contribution in [3.8, 4) is 0 Å². The second kappa shape index (κ2) is 4.16. The molecule has 6 heteroatoms. The molecular formula is C10H18F2N2O2. The Morgan fingerprint density at radius 3 is 2.38 bits per heavy atom. The largest absolute Gasteiger partial charge is 0.444 e. The van der Waals surface area contributed by atoms with Gasteiger partial charge in [-0.1, -0.05) is 0 Å². The van der Waals surface area contributed by atoms with E-state index in [1.807, 2.05) is 0 Å². The summed E-state index contributed by atoms with van der Waals surface area (Å²) in [6.45, 7) is 4.97. The number of alkyl carbamates (subject to hydrolysis) is 1. The predicted octanol–water partition coefficient (Wildman–Crippen LogP) is 1.35. The molecule has 0 aromatic carbocycles. The van der Waals surface area contributed by atoms with E-state index in [4.69, 9.17) is 10.5 Å². The van der Waals surface area contributed by atoms with Gasteiger partial charge in [0.1, 0.15) is 5.60 Å². The zero-order chi connectivity index (χ0) is 12.6. The lowest BCUT2D eigenvalue weighted by atomic mass is 10.2. The molecule has 0 saturated heterocycles. The van der Waals surface area contributed by atoms with Crippen LogP contribution in [0.25, 0.3) is 0 Å². The molecule has 1 fully saturated rings. The summed E-state index contributed by atoms with van der Waals surface area (Å²) < 4.78 is 30.9. The van der Waals surface area contributed by atoms with Gasteiger partial charge in [-0.05, 0) is 20.8 Å². The van der Waals surface area contributed by atoms with Gasteiger partial charge in [-0.25, -0.2) is 13.6 Å². The van der Waals surface area contributed by atoms with Crippen molar-refractivity contribution in [2.75, 3.05) is 13.1 Å². The highest BCUT2D eigenvalue weighted by atomic mass is 19.3. The molecular weight excluding hydrogens is 218 g/mol. The maximum Gasteiger partial charge on any atom is 0.407 e. The molecule has 0 unspecified atom stereocenters. The van der Waals surface area contributed by atoms with Gasteiger partial charge in [0, 0.05) is 19.0 Å². The molecule has 2 atom stereocenters. The van der Waals surface area contributed by atoms with E-state index in [1.54, 1.807) is 20.8 Å². The number of amides is 1. The number of nitrogens with two attached hydrogens (primary N) is 1. The second-order valence-corrected chi connectivity index (χ2v) is 5.01. The molecule has 0 bridgehead atoms. The van der Waals surface area contributed by atoms with Crippen molar-refractivity contribution in [1.29, 1.82) is 0 Å². The van der Waals surface area contributed by atoms with Crippen molar-refractivity contribution in [1.82, 2.24) is 5.32 Å². The van der Waals surface area contributed by atoms with Crippen LogP contribution in [0.15, 0.2) is 0 Å². The fraction of sp³-hybridized carbons (Fsp3) is 0.900.